The third-order valence-corrected chi connectivity index (χ3v) is 16.6. The van der Waals surface area contributed by atoms with Crippen molar-refractivity contribution in [3.05, 3.63) is 0 Å². The molecule has 0 saturated carbocycles. The van der Waals surface area contributed by atoms with Crippen LogP contribution in [0, 0.1) is 0 Å². The van der Waals surface area contributed by atoms with Gasteiger partial charge in [-0.2, -0.15) is 0 Å². The van der Waals surface area contributed by atoms with E-state index >= 15 is 0 Å². The van der Waals surface area contributed by atoms with Gasteiger partial charge in [-0.25, -0.2) is 0 Å². The molecule has 42 heteroatoms. The van der Waals surface area contributed by atoms with Crippen LogP contribution in [0.3, 0.4) is 0 Å². The van der Waals surface area contributed by atoms with Gasteiger partial charge < -0.3 is 157 Å². The van der Waals surface area contributed by atoms with Crippen molar-refractivity contribution in [2.75, 3.05) is 364 Å². The first-order chi connectivity index (χ1) is 60.7. The van der Waals surface area contributed by atoms with Gasteiger partial charge in [0.2, 0.25) is 41.4 Å². The van der Waals surface area contributed by atoms with Crippen molar-refractivity contribution >= 4 is 58.7 Å². The molecule has 0 aliphatic rings. The fourth-order valence-corrected chi connectivity index (χ4v) is 10.0. The molecule has 42 nitrogen and oxygen atoms in total. The average molecular weight is 1800 g/mol. The van der Waals surface area contributed by atoms with E-state index in [1.807, 2.05) is 0 Å². The Bertz CT molecular complexity index is 2340. The summed E-state index contributed by atoms with van der Waals surface area (Å²) in [6.07, 6.45) is 3.89. The first-order valence-corrected chi connectivity index (χ1v) is 43.4. The predicted molar refractivity (Wildman–Crippen MR) is 450 cm³/mol. The molecule has 0 heterocycles. The van der Waals surface area contributed by atoms with Gasteiger partial charge in [-0.3, -0.25) is 47.9 Å². The number of ether oxygens (including phenoxy) is 24. The van der Waals surface area contributed by atoms with Crippen LogP contribution >= 0.6 is 0 Å². The zero-order valence-electron chi connectivity index (χ0n) is 74.5. The molecule has 0 fully saturated rings. The van der Waals surface area contributed by atoms with E-state index < -0.39 is 11.4 Å². The van der Waals surface area contributed by atoms with E-state index in [9.17, 15) is 47.9 Å². The van der Waals surface area contributed by atoms with Crippen LogP contribution in [0.15, 0.2) is 0 Å². The fraction of sp³-hybridized carbons (Fsp3) is 0.878. The number of carbonyl (C=O) groups excluding carboxylic acids is 10. The third kappa shape index (κ3) is 89.7. The second-order valence-electron chi connectivity index (χ2n) is 27.3. The molecular formula is C82H154N8O34. The quantitative estimate of drug-likeness (QED) is 0.0329. The Labute approximate surface area is 733 Å². The topological polar surface area (TPSA) is 502 Å². The Hall–Kier alpha value is -5.70. The second-order valence-corrected chi connectivity index (χ2v) is 27.3. The van der Waals surface area contributed by atoms with Crippen molar-refractivity contribution in [1.82, 2.24) is 37.2 Å². The van der Waals surface area contributed by atoms with Crippen molar-refractivity contribution < 1.29 is 162 Å². The molecule has 0 radical (unpaired) electrons. The van der Waals surface area contributed by atoms with Gasteiger partial charge >= 0.3 is 0 Å². The van der Waals surface area contributed by atoms with Gasteiger partial charge in [-0.1, -0.05) is 0 Å². The van der Waals surface area contributed by atoms with Crippen LogP contribution in [0.25, 0.3) is 0 Å². The monoisotopic (exact) mass is 1800 g/mol. The highest BCUT2D eigenvalue weighted by molar-refractivity contribution is 5.80. The van der Waals surface area contributed by atoms with Crippen molar-refractivity contribution in [1.29, 1.82) is 0 Å². The summed E-state index contributed by atoms with van der Waals surface area (Å²) in [6.45, 7) is 13.7. The molecule has 124 heavy (non-hydrogen) atoms. The van der Waals surface area contributed by atoms with Crippen LogP contribution in [0.2, 0.25) is 0 Å². The predicted octanol–water partition coefficient (Wildman–Crippen LogP) is -1.27. The van der Waals surface area contributed by atoms with Crippen molar-refractivity contribution in [3.8, 4) is 0 Å². The molecule has 0 bridgehead atoms. The van der Waals surface area contributed by atoms with Gasteiger partial charge in [0.1, 0.15) is 22.9 Å². The summed E-state index contributed by atoms with van der Waals surface area (Å²) in [5.41, 5.74) is 3.92. The van der Waals surface area contributed by atoms with Gasteiger partial charge in [-0.15, -0.1) is 0 Å². The molecule has 0 spiro atoms. The van der Waals surface area contributed by atoms with Crippen molar-refractivity contribution in [2.24, 2.45) is 5.73 Å². The molecule has 0 unspecified atom stereocenters. The molecule has 9 N–H and O–H groups in total. The molecule has 0 aliphatic heterocycles. The lowest BCUT2D eigenvalue weighted by Crippen LogP contribution is -2.59. The molecule has 0 atom stereocenters. The van der Waals surface area contributed by atoms with Crippen LogP contribution in [-0.4, -0.2) is 429 Å². The molecule has 0 aromatic carbocycles. The van der Waals surface area contributed by atoms with Crippen LogP contribution in [0.1, 0.15) is 103 Å². The van der Waals surface area contributed by atoms with Gasteiger partial charge in [0.15, 0.2) is 0 Å². The Morgan fingerprint density at radius 3 is 0.565 bits per heavy atom. The molecular weight excluding hydrogens is 1640 g/mol. The van der Waals surface area contributed by atoms with Gasteiger partial charge in [-0.05, 0) is 19.3 Å². The minimum Gasteiger partial charge on any atom is -0.385 e. The van der Waals surface area contributed by atoms with E-state index in [1.165, 1.54) is 0 Å². The molecule has 7 amide bonds. The summed E-state index contributed by atoms with van der Waals surface area (Å²) < 4.78 is 132. The number of methoxy groups -OCH3 is 3. The SMILES string of the molecule is COCCCC(=O)CCOCCNC(=O)CCOCCNC(=O)CCOCC(COCCC(=O)NCCOCCC(=O)NCCOCCC(=O)CCCOC)(COCCC(=O)NCCOCCC(=O)NCCOCCC(=O)CCCOC)NC(=O)CCOCCOCCOCCOCCOCCOCCOCCOCCOCCOCCOCCOCCN. The van der Waals surface area contributed by atoms with Crippen molar-refractivity contribution in [2.45, 2.75) is 108 Å². The lowest BCUT2D eigenvalue weighted by Gasteiger charge is -2.34. The van der Waals surface area contributed by atoms with Crippen LogP contribution < -0.4 is 43.0 Å². The Morgan fingerprint density at radius 2 is 0.363 bits per heavy atom. The Kier molecular flexibility index (Phi) is 90.5. The van der Waals surface area contributed by atoms with Crippen molar-refractivity contribution in [3.63, 3.8) is 0 Å². The molecule has 0 aromatic heterocycles. The Balaban J connectivity index is 5.34. The highest BCUT2D eigenvalue weighted by atomic mass is 16.6. The minimum atomic E-state index is -1.45. The maximum Gasteiger partial charge on any atom is 0.222 e. The zero-order valence-corrected chi connectivity index (χ0v) is 74.5. The number of amides is 7. The standard InChI is InChI=1S/C82H154N8O34/c1-101-27-4-7-72(91)10-30-104-41-21-84-75(94)13-33-107-44-24-87-78(97)16-37-122-69-82(70-123-38-17-79(98)88-25-45-108-34-14-76(95)85-22-42-105-31-11-73(92)8-5-28-102-2,71-124-39-18-80(99)89-26-46-109-35-15-77(96)86-23-43-106-32-12-74(93)9-6-29-103-3)90-81(100)19-36-110-47-49-112-51-53-114-55-57-116-59-61-118-63-65-120-67-68-121-66-64-119-62-60-117-58-56-115-54-52-113-50-48-111-40-20-83/h4-71,83H2,1-3H3,(H,84,94)(H,85,95)(H,86,96)(H,87,97)(H,88,98)(H,89,99)(H,90,100). The summed E-state index contributed by atoms with van der Waals surface area (Å²) in [4.78, 5) is 125. The molecule has 0 rings (SSSR count). The minimum absolute atomic E-state index is 0.0106. The van der Waals surface area contributed by atoms with E-state index in [2.05, 4.69) is 37.2 Å². The first kappa shape index (κ1) is 118. The molecule has 726 valence electrons. The number of nitrogens with one attached hydrogen (secondary N) is 7. The smallest absolute Gasteiger partial charge is 0.222 e. The molecule has 0 saturated heterocycles. The third-order valence-electron chi connectivity index (χ3n) is 16.6. The maximum atomic E-state index is 13.9. The lowest BCUT2D eigenvalue weighted by molar-refractivity contribution is -0.131. The average Bonchev–Trinajstić information content (AvgIpc) is 0.853. The summed E-state index contributed by atoms with van der Waals surface area (Å²) in [6, 6.07) is 0. The Morgan fingerprint density at radius 1 is 0.194 bits per heavy atom. The largest absolute Gasteiger partial charge is 0.385 e. The number of rotatable bonds is 102. The number of hydrogen-bond donors (Lipinski definition) is 8. The van der Waals surface area contributed by atoms with Crippen LogP contribution in [-0.2, 0) is 162 Å². The highest BCUT2D eigenvalue weighted by Gasteiger charge is 2.34. The number of nitrogens with two attached hydrogens (primary N) is 1. The maximum absolute atomic E-state index is 13.9. The number of carbonyl (C=O) groups is 10. The van der Waals surface area contributed by atoms with Gasteiger partial charge in [0.25, 0.3) is 0 Å². The van der Waals surface area contributed by atoms with Gasteiger partial charge in [0.05, 0.1) is 277 Å². The zero-order chi connectivity index (χ0) is 90.3. The second kappa shape index (κ2) is 94.9. The number of hydrogen-bond acceptors (Lipinski definition) is 35. The van der Waals surface area contributed by atoms with E-state index in [0.717, 1.165) is 0 Å². The van der Waals surface area contributed by atoms with E-state index in [-0.39, 0.29) is 302 Å². The molecule has 0 aromatic rings. The van der Waals surface area contributed by atoms with Gasteiger partial charge in [0, 0.05) is 170 Å². The summed E-state index contributed by atoms with van der Waals surface area (Å²) >= 11 is 0. The number of Topliss-reactive ketones (excluding diaryl/α,β-unsaturated/α-hetero) is 3. The van der Waals surface area contributed by atoms with E-state index in [1.54, 1.807) is 21.3 Å². The summed E-state index contributed by atoms with van der Waals surface area (Å²) in [5.74, 6) is -2.12. The normalized spacial score (nSPS) is 11.5. The highest BCUT2D eigenvalue weighted by Crippen LogP contribution is 2.12. The first-order valence-electron chi connectivity index (χ1n) is 43.4. The fourth-order valence-electron chi connectivity index (χ4n) is 10.0. The number of ketones is 3. The van der Waals surface area contributed by atoms with Crippen LogP contribution in [0.5, 0.6) is 0 Å². The lowest BCUT2D eigenvalue weighted by atomic mass is 10.0. The summed E-state index contributed by atoms with van der Waals surface area (Å²) in [7, 11) is 4.75. The van der Waals surface area contributed by atoms with Crippen LogP contribution in [0.4, 0.5) is 0 Å². The summed E-state index contributed by atoms with van der Waals surface area (Å²) in [5, 5.41) is 19.4. The molecule has 0 aliphatic carbocycles. The van der Waals surface area contributed by atoms with E-state index in [4.69, 9.17) is 119 Å². The van der Waals surface area contributed by atoms with E-state index in [0.29, 0.717) is 197 Å².